The molecule has 0 atom stereocenters. The van der Waals surface area contributed by atoms with Gasteiger partial charge in [-0.05, 0) is 25.1 Å². The molecule has 30 heavy (non-hydrogen) atoms. The molecule has 1 aromatic carbocycles. The summed E-state index contributed by atoms with van der Waals surface area (Å²) in [5.74, 6) is -0.642. The molecule has 3 rings (SSSR count). The fourth-order valence-corrected chi connectivity index (χ4v) is 3.47. The van der Waals surface area contributed by atoms with Gasteiger partial charge in [-0.3, -0.25) is 9.48 Å². The van der Waals surface area contributed by atoms with Crippen molar-refractivity contribution in [3.8, 4) is 0 Å². The molecule has 0 unspecified atom stereocenters. The van der Waals surface area contributed by atoms with Crippen LogP contribution in [0.3, 0.4) is 0 Å². The minimum atomic E-state index is -0.409. The van der Waals surface area contributed by atoms with Crippen LogP contribution in [0.2, 0.25) is 0 Å². The van der Waals surface area contributed by atoms with Gasteiger partial charge < -0.3 is 10.1 Å². The highest BCUT2D eigenvalue weighted by Crippen LogP contribution is 2.31. The van der Waals surface area contributed by atoms with Gasteiger partial charge in [0.15, 0.2) is 0 Å². The summed E-state index contributed by atoms with van der Waals surface area (Å²) < 4.78 is 6.45. The van der Waals surface area contributed by atoms with E-state index in [0.29, 0.717) is 34.3 Å². The van der Waals surface area contributed by atoms with E-state index in [4.69, 9.17) is 4.74 Å². The number of fused-ring (bicyclic) bond motifs is 1. The van der Waals surface area contributed by atoms with Crippen molar-refractivity contribution in [2.75, 3.05) is 13.7 Å². The number of nitrogens with one attached hydrogen (secondary N) is 1. The minimum Gasteiger partial charge on any atom is -0.465 e. The summed E-state index contributed by atoms with van der Waals surface area (Å²) in [5, 5.41) is 8.29. The summed E-state index contributed by atoms with van der Waals surface area (Å²) in [7, 11) is 1.34. The van der Waals surface area contributed by atoms with Gasteiger partial charge in [-0.2, -0.15) is 5.10 Å². The molecule has 0 aliphatic rings. The second kappa shape index (κ2) is 9.89. The Labute approximate surface area is 178 Å². The van der Waals surface area contributed by atoms with Gasteiger partial charge >= 0.3 is 5.97 Å². The summed E-state index contributed by atoms with van der Waals surface area (Å²) >= 11 is 1.21. The number of aromatic nitrogens is 3. The lowest BCUT2D eigenvalue weighted by molar-refractivity contribution is -0.135. The first-order chi connectivity index (χ1) is 14.5. The predicted octanol–water partition coefficient (Wildman–Crippen LogP) is 3.64. The van der Waals surface area contributed by atoms with Crippen LogP contribution in [0, 0.1) is 0 Å². The molecule has 0 bridgehead atoms. The van der Waals surface area contributed by atoms with Gasteiger partial charge in [0.25, 0.3) is 5.91 Å². The lowest BCUT2D eigenvalue weighted by Gasteiger charge is -2.07. The topological polar surface area (TPSA) is 86.1 Å². The van der Waals surface area contributed by atoms with Gasteiger partial charge in [0.2, 0.25) is 0 Å². The van der Waals surface area contributed by atoms with Crippen LogP contribution >= 0.6 is 11.8 Å². The summed E-state index contributed by atoms with van der Waals surface area (Å²) in [6, 6.07) is 13.1. The molecule has 2 heterocycles. The highest BCUT2D eigenvalue weighted by Gasteiger charge is 2.14. The zero-order chi connectivity index (χ0) is 21.5. The monoisotopic (exact) mass is 422 g/mol. The van der Waals surface area contributed by atoms with Crippen LogP contribution in [0.25, 0.3) is 15.8 Å². The second-order valence-corrected chi connectivity index (χ2v) is 7.42. The number of hydrogen-bond donors (Lipinski definition) is 1. The maximum atomic E-state index is 12.4. The van der Waals surface area contributed by atoms with Crippen LogP contribution < -0.4 is 5.32 Å². The van der Waals surface area contributed by atoms with Gasteiger partial charge in [0.05, 0.1) is 29.8 Å². The third-order valence-corrected chi connectivity index (χ3v) is 5.34. The smallest absolute Gasteiger partial charge is 0.344 e. The Hall–Kier alpha value is -3.39. The second-order valence-electron chi connectivity index (χ2n) is 6.28. The first-order valence-electron chi connectivity index (χ1n) is 9.31. The average Bonchev–Trinajstić information content (AvgIpc) is 3.25. The van der Waals surface area contributed by atoms with Crippen molar-refractivity contribution in [1.29, 1.82) is 0 Å². The molecular weight excluding hydrogens is 400 g/mol. The van der Waals surface area contributed by atoms with Crippen LogP contribution in [0.1, 0.15) is 23.1 Å². The molecule has 7 nitrogen and oxygen atoms in total. The Morgan fingerprint density at radius 2 is 2.00 bits per heavy atom. The molecule has 0 aliphatic carbocycles. The molecule has 154 valence electrons. The van der Waals surface area contributed by atoms with Crippen LogP contribution in [-0.4, -0.2) is 40.3 Å². The lowest BCUT2D eigenvalue weighted by atomic mass is 10.2. The van der Waals surface area contributed by atoms with E-state index in [2.05, 4.69) is 22.0 Å². The zero-order valence-electron chi connectivity index (χ0n) is 16.8. The molecule has 2 aromatic heterocycles. The number of nitrogens with zero attached hydrogens (tertiary/aromatic N) is 3. The summed E-state index contributed by atoms with van der Waals surface area (Å²) in [5.41, 5.74) is 1.82. The number of para-hydroxylation sites is 1. The Kier molecular flexibility index (Phi) is 7.03. The van der Waals surface area contributed by atoms with Crippen LogP contribution in [-0.2, 0) is 16.1 Å². The largest absolute Gasteiger partial charge is 0.465 e. The Bertz CT molecular complexity index is 1120. The first-order valence-corrected chi connectivity index (χ1v) is 10.1. The summed E-state index contributed by atoms with van der Waals surface area (Å²) in [6.45, 7) is 6.63. The maximum Gasteiger partial charge on any atom is 0.344 e. The van der Waals surface area contributed by atoms with Crippen LogP contribution in [0.15, 0.2) is 66.2 Å². The molecule has 1 amide bonds. The Morgan fingerprint density at radius 1 is 1.20 bits per heavy atom. The molecule has 0 saturated heterocycles. The third kappa shape index (κ3) is 5.15. The van der Waals surface area contributed by atoms with Gasteiger partial charge in [0.1, 0.15) is 5.69 Å². The van der Waals surface area contributed by atoms with Gasteiger partial charge in [-0.1, -0.05) is 48.7 Å². The zero-order valence-corrected chi connectivity index (χ0v) is 17.6. The van der Waals surface area contributed by atoms with Crippen molar-refractivity contribution in [2.24, 2.45) is 0 Å². The molecule has 0 aliphatic heterocycles. The van der Waals surface area contributed by atoms with E-state index < -0.39 is 5.97 Å². The molecule has 1 N–H and O–H groups in total. The Balaban J connectivity index is 1.54. The van der Waals surface area contributed by atoms with E-state index in [1.165, 1.54) is 18.9 Å². The van der Waals surface area contributed by atoms with Crippen molar-refractivity contribution in [3.63, 3.8) is 0 Å². The van der Waals surface area contributed by atoms with Gasteiger partial charge in [-0.25, -0.2) is 9.78 Å². The SMILES string of the molecule is C=C(S/C(=C\C)C(=O)OC)c1ccn(CCNC(=O)c2ccc3ccccc3n2)n1. The number of allylic oxidation sites excluding steroid dienone is 1. The van der Waals surface area contributed by atoms with Crippen molar-refractivity contribution < 1.29 is 14.3 Å². The van der Waals surface area contributed by atoms with E-state index in [1.54, 1.807) is 29.9 Å². The van der Waals surface area contributed by atoms with E-state index in [0.717, 1.165) is 10.9 Å². The van der Waals surface area contributed by atoms with Crippen molar-refractivity contribution in [2.45, 2.75) is 13.5 Å². The average molecular weight is 423 g/mol. The normalized spacial score (nSPS) is 11.3. The summed E-state index contributed by atoms with van der Waals surface area (Å²) in [6.07, 6.45) is 3.48. The highest BCUT2D eigenvalue weighted by atomic mass is 32.2. The van der Waals surface area contributed by atoms with Crippen LogP contribution in [0.5, 0.6) is 0 Å². The number of hydrogen-bond acceptors (Lipinski definition) is 6. The predicted molar refractivity (Wildman–Crippen MR) is 119 cm³/mol. The number of carbonyl (C=O) groups excluding carboxylic acids is 2. The number of ether oxygens (including phenoxy) is 1. The number of esters is 1. The van der Waals surface area contributed by atoms with Gasteiger partial charge in [0, 0.05) is 23.0 Å². The molecule has 3 aromatic rings. The van der Waals surface area contributed by atoms with Crippen LogP contribution in [0.4, 0.5) is 0 Å². The van der Waals surface area contributed by atoms with Gasteiger partial charge in [-0.15, -0.1) is 0 Å². The standard InChI is InChI=1S/C22H22N4O3S/c1-4-20(22(28)29-3)30-15(2)17-11-13-26(25-17)14-12-23-21(27)19-10-9-16-7-5-6-8-18(16)24-19/h4-11,13H,2,12,14H2,1,3H3,(H,23,27)/b20-4-. The Morgan fingerprint density at radius 3 is 2.77 bits per heavy atom. The van der Waals surface area contributed by atoms with Crippen molar-refractivity contribution in [1.82, 2.24) is 20.1 Å². The molecule has 0 radical (unpaired) electrons. The number of rotatable bonds is 8. The molecule has 0 saturated carbocycles. The van der Waals surface area contributed by atoms with E-state index >= 15 is 0 Å². The number of methoxy groups -OCH3 is 1. The number of pyridine rings is 1. The number of amides is 1. The number of thioether (sulfide) groups is 1. The minimum absolute atomic E-state index is 0.232. The highest BCUT2D eigenvalue weighted by molar-refractivity contribution is 8.12. The number of carbonyl (C=O) groups is 2. The quantitative estimate of drug-likeness (QED) is 0.441. The molecule has 8 heteroatoms. The lowest BCUT2D eigenvalue weighted by Crippen LogP contribution is -2.28. The van der Waals surface area contributed by atoms with Crippen molar-refractivity contribution >= 4 is 39.4 Å². The molecule has 0 fully saturated rings. The fraction of sp³-hybridized carbons (Fsp3) is 0.182. The molecular formula is C22H22N4O3S. The summed E-state index contributed by atoms with van der Waals surface area (Å²) in [4.78, 5) is 29.5. The maximum absolute atomic E-state index is 12.4. The molecule has 0 spiro atoms. The van der Waals surface area contributed by atoms with E-state index in [9.17, 15) is 9.59 Å². The van der Waals surface area contributed by atoms with E-state index in [-0.39, 0.29) is 5.91 Å². The first kappa shape index (κ1) is 21.3. The number of benzene rings is 1. The van der Waals surface area contributed by atoms with E-state index in [1.807, 2.05) is 36.4 Å². The van der Waals surface area contributed by atoms with Crippen molar-refractivity contribution in [3.05, 3.63) is 77.6 Å². The third-order valence-electron chi connectivity index (χ3n) is 4.27. The fourth-order valence-electron chi connectivity index (χ4n) is 2.71.